The topological polar surface area (TPSA) is 65.1 Å². The summed E-state index contributed by atoms with van der Waals surface area (Å²) in [4.78, 5) is 15.3. The van der Waals surface area contributed by atoms with Gasteiger partial charge in [0.05, 0.1) is 5.56 Å². The van der Waals surface area contributed by atoms with E-state index in [4.69, 9.17) is 0 Å². The molecule has 4 nitrogen and oxygen atoms in total. The molecule has 2 unspecified atom stereocenters. The van der Waals surface area contributed by atoms with E-state index in [9.17, 15) is 14.3 Å². The molecule has 3 N–H and O–H groups in total. The van der Waals surface area contributed by atoms with Crippen molar-refractivity contribution in [2.24, 2.45) is 5.92 Å². The van der Waals surface area contributed by atoms with Gasteiger partial charge in [-0.25, -0.2) is 4.39 Å². The van der Waals surface area contributed by atoms with Crippen LogP contribution >= 0.6 is 0 Å². The van der Waals surface area contributed by atoms with Crippen molar-refractivity contribution < 1.29 is 14.3 Å². The molecule has 1 amide bonds. The summed E-state index contributed by atoms with van der Waals surface area (Å²) in [5, 5.41) is 12.7. The smallest absolute Gasteiger partial charge is 0.253 e. The number of fused-ring (bicyclic) bond motifs is 1. The maximum Gasteiger partial charge on any atom is 0.253 e. The van der Waals surface area contributed by atoms with E-state index in [-0.39, 0.29) is 24.5 Å². The SMILES string of the molecule is O=C(NC1CCCCC1CO)c1c[nH]c2cccc(F)c12. The van der Waals surface area contributed by atoms with Crippen molar-refractivity contribution in [2.45, 2.75) is 31.7 Å². The molecule has 1 heterocycles. The fourth-order valence-corrected chi connectivity index (χ4v) is 3.18. The van der Waals surface area contributed by atoms with Gasteiger partial charge in [-0.1, -0.05) is 18.9 Å². The Morgan fingerprint density at radius 1 is 1.38 bits per heavy atom. The van der Waals surface area contributed by atoms with Gasteiger partial charge in [-0.15, -0.1) is 0 Å². The number of amides is 1. The third-order valence-electron chi connectivity index (χ3n) is 4.36. The lowest BCUT2D eigenvalue weighted by molar-refractivity contribution is 0.0874. The van der Waals surface area contributed by atoms with Crippen LogP contribution in [-0.4, -0.2) is 28.6 Å². The maximum absolute atomic E-state index is 13.9. The first-order valence-electron chi connectivity index (χ1n) is 7.38. The zero-order chi connectivity index (χ0) is 14.8. The highest BCUT2D eigenvalue weighted by Gasteiger charge is 2.27. The number of hydrogen-bond donors (Lipinski definition) is 3. The van der Waals surface area contributed by atoms with E-state index in [1.165, 1.54) is 6.07 Å². The molecule has 0 aliphatic heterocycles. The summed E-state index contributed by atoms with van der Waals surface area (Å²) in [6, 6.07) is 4.67. The maximum atomic E-state index is 13.9. The molecular weight excluding hydrogens is 271 g/mol. The molecule has 1 aromatic carbocycles. The van der Waals surface area contributed by atoms with Crippen LogP contribution in [0.1, 0.15) is 36.0 Å². The number of carbonyl (C=O) groups is 1. The van der Waals surface area contributed by atoms with E-state index in [0.717, 1.165) is 25.7 Å². The first-order chi connectivity index (χ1) is 10.2. The van der Waals surface area contributed by atoms with Crippen LogP contribution in [0.5, 0.6) is 0 Å². The lowest BCUT2D eigenvalue weighted by Crippen LogP contribution is -2.43. The van der Waals surface area contributed by atoms with Crippen LogP contribution in [0.25, 0.3) is 10.9 Å². The molecule has 1 fully saturated rings. The Hall–Kier alpha value is -1.88. The molecule has 1 aliphatic carbocycles. The highest BCUT2D eigenvalue weighted by atomic mass is 19.1. The van der Waals surface area contributed by atoms with Gasteiger partial charge in [0.1, 0.15) is 5.82 Å². The summed E-state index contributed by atoms with van der Waals surface area (Å²) in [6.45, 7) is 0.0766. The van der Waals surface area contributed by atoms with Crippen molar-refractivity contribution in [3.05, 3.63) is 35.8 Å². The highest BCUT2D eigenvalue weighted by Crippen LogP contribution is 2.26. The van der Waals surface area contributed by atoms with Gasteiger partial charge in [0.2, 0.25) is 0 Å². The average Bonchev–Trinajstić information content (AvgIpc) is 2.93. The highest BCUT2D eigenvalue weighted by molar-refractivity contribution is 6.07. The van der Waals surface area contributed by atoms with Gasteiger partial charge in [-0.2, -0.15) is 0 Å². The predicted molar refractivity (Wildman–Crippen MR) is 78.6 cm³/mol. The Labute approximate surface area is 122 Å². The minimum atomic E-state index is -0.402. The predicted octanol–water partition coefficient (Wildman–Crippen LogP) is 2.59. The molecule has 5 heteroatoms. The number of H-pyrrole nitrogens is 1. The minimum Gasteiger partial charge on any atom is -0.396 e. The van der Waals surface area contributed by atoms with Gasteiger partial charge in [-0.05, 0) is 25.0 Å². The molecular formula is C16H19FN2O2. The summed E-state index contributed by atoms with van der Waals surface area (Å²) in [5.74, 6) is -0.587. The molecule has 112 valence electrons. The largest absolute Gasteiger partial charge is 0.396 e. The van der Waals surface area contributed by atoms with Crippen LogP contribution < -0.4 is 5.32 Å². The summed E-state index contributed by atoms with van der Waals surface area (Å²) in [6.07, 6.45) is 5.45. The Morgan fingerprint density at radius 2 is 2.19 bits per heavy atom. The monoisotopic (exact) mass is 290 g/mol. The summed E-state index contributed by atoms with van der Waals surface area (Å²) < 4.78 is 13.9. The van der Waals surface area contributed by atoms with Crippen LogP contribution in [0.4, 0.5) is 4.39 Å². The molecule has 1 aliphatic rings. The van der Waals surface area contributed by atoms with Crippen molar-refractivity contribution in [1.82, 2.24) is 10.3 Å². The molecule has 0 spiro atoms. The van der Waals surface area contributed by atoms with E-state index in [0.29, 0.717) is 16.5 Å². The van der Waals surface area contributed by atoms with Crippen LogP contribution in [0.2, 0.25) is 0 Å². The zero-order valence-electron chi connectivity index (χ0n) is 11.7. The van der Waals surface area contributed by atoms with Crippen molar-refractivity contribution in [3.8, 4) is 0 Å². The van der Waals surface area contributed by atoms with Gasteiger partial charge in [0.25, 0.3) is 5.91 Å². The number of aromatic amines is 1. The number of aliphatic hydroxyl groups excluding tert-OH is 1. The Morgan fingerprint density at radius 3 is 3.00 bits per heavy atom. The normalized spacial score (nSPS) is 22.4. The van der Waals surface area contributed by atoms with Crippen molar-refractivity contribution >= 4 is 16.8 Å². The van der Waals surface area contributed by atoms with Crippen molar-refractivity contribution in [1.29, 1.82) is 0 Å². The van der Waals surface area contributed by atoms with Gasteiger partial charge < -0.3 is 15.4 Å². The Kier molecular flexibility index (Phi) is 3.92. The number of rotatable bonds is 3. The van der Waals surface area contributed by atoms with Gasteiger partial charge >= 0.3 is 0 Å². The Bertz CT molecular complexity index is 653. The lowest BCUT2D eigenvalue weighted by Gasteiger charge is -2.30. The summed E-state index contributed by atoms with van der Waals surface area (Å²) >= 11 is 0. The third kappa shape index (κ3) is 2.65. The fourth-order valence-electron chi connectivity index (χ4n) is 3.18. The summed E-state index contributed by atoms with van der Waals surface area (Å²) in [5.41, 5.74) is 0.938. The number of aromatic nitrogens is 1. The lowest BCUT2D eigenvalue weighted by atomic mass is 9.85. The number of aliphatic hydroxyl groups is 1. The second kappa shape index (κ2) is 5.85. The first kappa shape index (κ1) is 14.1. The van der Waals surface area contributed by atoms with Gasteiger partial charge in [0.15, 0.2) is 0 Å². The molecule has 0 saturated heterocycles. The molecule has 21 heavy (non-hydrogen) atoms. The number of benzene rings is 1. The zero-order valence-corrected chi connectivity index (χ0v) is 11.7. The van der Waals surface area contributed by atoms with Crippen LogP contribution in [0.15, 0.2) is 24.4 Å². The number of halogens is 1. The molecule has 0 bridgehead atoms. The number of carbonyl (C=O) groups excluding carboxylic acids is 1. The first-order valence-corrected chi connectivity index (χ1v) is 7.38. The molecule has 2 atom stereocenters. The molecule has 0 radical (unpaired) electrons. The van der Waals surface area contributed by atoms with E-state index in [2.05, 4.69) is 10.3 Å². The van der Waals surface area contributed by atoms with Crippen LogP contribution in [0, 0.1) is 11.7 Å². The summed E-state index contributed by atoms with van der Waals surface area (Å²) in [7, 11) is 0. The van der Waals surface area contributed by atoms with Crippen LogP contribution in [0.3, 0.4) is 0 Å². The van der Waals surface area contributed by atoms with E-state index in [1.54, 1.807) is 18.3 Å². The second-order valence-corrected chi connectivity index (χ2v) is 5.67. The van der Waals surface area contributed by atoms with E-state index in [1.807, 2.05) is 0 Å². The molecule has 3 rings (SSSR count). The second-order valence-electron chi connectivity index (χ2n) is 5.67. The van der Waals surface area contributed by atoms with Crippen LogP contribution in [-0.2, 0) is 0 Å². The molecule has 2 aromatic rings. The molecule has 1 aromatic heterocycles. The van der Waals surface area contributed by atoms with E-state index < -0.39 is 5.82 Å². The standard InChI is InChI=1S/C16H19FN2O2/c17-12-5-3-7-14-15(12)11(8-18-14)16(21)19-13-6-2-1-4-10(13)9-20/h3,5,7-8,10,13,18,20H,1-2,4,6,9H2,(H,19,21). The number of hydrogen-bond acceptors (Lipinski definition) is 2. The van der Waals surface area contributed by atoms with Crippen molar-refractivity contribution in [3.63, 3.8) is 0 Å². The quantitative estimate of drug-likeness (QED) is 0.813. The third-order valence-corrected chi connectivity index (χ3v) is 4.36. The van der Waals surface area contributed by atoms with Crippen molar-refractivity contribution in [2.75, 3.05) is 6.61 Å². The number of nitrogens with one attached hydrogen (secondary N) is 2. The minimum absolute atomic E-state index is 0.0343. The average molecular weight is 290 g/mol. The van der Waals surface area contributed by atoms with Gasteiger partial charge in [0, 0.05) is 35.7 Å². The Balaban J connectivity index is 1.84. The van der Waals surface area contributed by atoms with E-state index >= 15 is 0 Å². The fraction of sp³-hybridized carbons (Fsp3) is 0.438. The molecule has 1 saturated carbocycles. The van der Waals surface area contributed by atoms with Gasteiger partial charge in [-0.3, -0.25) is 4.79 Å².